The van der Waals surface area contributed by atoms with Crippen LogP contribution in [0.1, 0.15) is 46.5 Å². The van der Waals surface area contributed by atoms with Gasteiger partial charge in [-0.3, -0.25) is 14.8 Å². The molecule has 1 saturated heterocycles. The molecule has 0 amide bonds. The van der Waals surface area contributed by atoms with Crippen LogP contribution in [0.5, 0.6) is 0 Å². The molecule has 0 radical (unpaired) electrons. The van der Waals surface area contributed by atoms with Gasteiger partial charge in [0.1, 0.15) is 25.4 Å². The SMILES string of the molecule is C=C1C(=O)OC2/C=C(\COO)CC/C=C(\COC(C)=O)CC(OC(=O)C(C)CC)C12. The first-order valence-electron chi connectivity index (χ1n) is 10.1. The highest BCUT2D eigenvalue weighted by Gasteiger charge is 2.45. The second-order valence-electron chi connectivity index (χ2n) is 7.69. The van der Waals surface area contributed by atoms with Gasteiger partial charge in [-0.05, 0) is 36.5 Å². The van der Waals surface area contributed by atoms with E-state index in [0.29, 0.717) is 19.3 Å². The summed E-state index contributed by atoms with van der Waals surface area (Å²) in [5.74, 6) is -2.25. The Hall–Kier alpha value is -2.45. The van der Waals surface area contributed by atoms with Gasteiger partial charge in [0.25, 0.3) is 0 Å². The van der Waals surface area contributed by atoms with Crippen LogP contribution in [0.4, 0.5) is 0 Å². The lowest BCUT2D eigenvalue weighted by atomic mass is 9.85. The average Bonchev–Trinajstić information content (AvgIpc) is 2.97. The number of allylic oxidation sites excluding steroid dienone is 1. The van der Waals surface area contributed by atoms with Crippen molar-refractivity contribution in [1.82, 2.24) is 0 Å². The molecular weight excluding hydrogens is 392 g/mol. The molecule has 1 fully saturated rings. The number of esters is 3. The summed E-state index contributed by atoms with van der Waals surface area (Å²) in [5, 5.41) is 8.90. The quantitative estimate of drug-likeness (QED) is 0.166. The molecule has 1 aliphatic heterocycles. The third-order valence-corrected chi connectivity index (χ3v) is 5.42. The van der Waals surface area contributed by atoms with E-state index in [-0.39, 0.29) is 37.1 Å². The fourth-order valence-electron chi connectivity index (χ4n) is 3.49. The number of hydrogen-bond donors (Lipinski definition) is 1. The van der Waals surface area contributed by atoms with Crippen LogP contribution in [0, 0.1) is 11.8 Å². The smallest absolute Gasteiger partial charge is 0.334 e. The molecule has 8 heteroatoms. The molecule has 0 bridgehead atoms. The first kappa shape index (κ1) is 23.8. The van der Waals surface area contributed by atoms with Crippen molar-refractivity contribution in [2.75, 3.05) is 13.2 Å². The maximum atomic E-state index is 12.6. The highest BCUT2D eigenvalue weighted by molar-refractivity contribution is 5.91. The zero-order valence-electron chi connectivity index (χ0n) is 17.7. The number of carbonyl (C=O) groups is 3. The lowest BCUT2D eigenvalue weighted by Crippen LogP contribution is -2.35. The van der Waals surface area contributed by atoms with Crippen LogP contribution in [0.25, 0.3) is 0 Å². The summed E-state index contributed by atoms with van der Waals surface area (Å²) in [6.07, 6.45) is 4.26. The zero-order chi connectivity index (χ0) is 22.3. The molecule has 2 rings (SSSR count). The number of hydrogen-bond acceptors (Lipinski definition) is 8. The van der Waals surface area contributed by atoms with E-state index in [1.54, 1.807) is 13.0 Å². The summed E-state index contributed by atoms with van der Waals surface area (Å²) in [5.41, 5.74) is 1.71. The van der Waals surface area contributed by atoms with Crippen LogP contribution in [0.15, 0.2) is 35.5 Å². The van der Waals surface area contributed by atoms with E-state index in [1.807, 2.05) is 13.0 Å². The molecule has 30 heavy (non-hydrogen) atoms. The highest BCUT2D eigenvalue weighted by Crippen LogP contribution is 2.36. The molecule has 2 aliphatic rings. The van der Waals surface area contributed by atoms with Gasteiger partial charge in [0.05, 0.1) is 11.8 Å². The molecule has 0 aromatic carbocycles. The van der Waals surface area contributed by atoms with Gasteiger partial charge in [-0.15, -0.1) is 0 Å². The molecule has 0 spiro atoms. The van der Waals surface area contributed by atoms with E-state index in [2.05, 4.69) is 11.5 Å². The van der Waals surface area contributed by atoms with Crippen LogP contribution in [-0.2, 0) is 33.5 Å². The minimum absolute atomic E-state index is 0.0440. The predicted octanol–water partition coefficient (Wildman–Crippen LogP) is 3.13. The Labute approximate surface area is 176 Å². The van der Waals surface area contributed by atoms with Crippen LogP contribution in [0.3, 0.4) is 0 Å². The molecule has 8 nitrogen and oxygen atoms in total. The average molecular weight is 422 g/mol. The molecule has 4 atom stereocenters. The standard InChI is InChI=1S/C22H30O8/c1-5-13(2)21(24)29-18-9-16(11-27-15(4)23)7-6-8-17(12-28-26)10-19-20(18)14(3)22(25)30-19/h7,10,13,18-20,26H,3,5-6,8-9,11-12H2,1-2,4H3/b16-7-,17-10-. The Balaban J connectivity index is 2.41. The van der Waals surface area contributed by atoms with Gasteiger partial charge in [-0.2, -0.15) is 0 Å². The second kappa shape index (κ2) is 11.1. The molecule has 1 N–H and O–H groups in total. The molecular formula is C22H30O8. The van der Waals surface area contributed by atoms with Crippen molar-refractivity contribution in [2.45, 2.75) is 58.7 Å². The number of rotatable bonds is 7. The van der Waals surface area contributed by atoms with Crippen LogP contribution >= 0.6 is 0 Å². The van der Waals surface area contributed by atoms with E-state index < -0.39 is 30.1 Å². The Morgan fingerprint density at radius 1 is 1.33 bits per heavy atom. The molecule has 166 valence electrons. The van der Waals surface area contributed by atoms with Crippen LogP contribution in [0.2, 0.25) is 0 Å². The van der Waals surface area contributed by atoms with E-state index in [9.17, 15) is 14.4 Å². The van der Waals surface area contributed by atoms with Gasteiger partial charge >= 0.3 is 17.9 Å². The van der Waals surface area contributed by atoms with Crippen molar-refractivity contribution in [3.8, 4) is 0 Å². The fraction of sp³-hybridized carbons (Fsp3) is 0.591. The predicted molar refractivity (Wildman–Crippen MR) is 107 cm³/mol. The first-order chi connectivity index (χ1) is 14.3. The molecule has 1 aliphatic carbocycles. The van der Waals surface area contributed by atoms with Gasteiger partial charge in [0.2, 0.25) is 0 Å². The highest BCUT2D eigenvalue weighted by atomic mass is 17.1. The number of carbonyl (C=O) groups excluding carboxylic acids is 3. The summed E-state index contributed by atoms with van der Waals surface area (Å²) in [4.78, 5) is 40.4. The van der Waals surface area contributed by atoms with E-state index in [0.717, 1.165) is 11.1 Å². The minimum atomic E-state index is -0.720. The molecule has 1 heterocycles. The maximum absolute atomic E-state index is 12.6. The Kier molecular flexibility index (Phi) is 8.80. The Morgan fingerprint density at radius 2 is 2.07 bits per heavy atom. The molecule has 4 unspecified atom stereocenters. The third-order valence-electron chi connectivity index (χ3n) is 5.42. The van der Waals surface area contributed by atoms with Crippen LogP contribution < -0.4 is 0 Å². The Morgan fingerprint density at radius 3 is 2.70 bits per heavy atom. The van der Waals surface area contributed by atoms with E-state index in [1.165, 1.54) is 6.92 Å². The maximum Gasteiger partial charge on any atom is 0.334 e. The van der Waals surface area contributed by atoms with Gasteiger partial charge in [0, 0.05) is 18.9 Å². The summed E-state index contributed by atoms with van der Waals surface area (Å²) in [7, 11) is 0. The number of fused-ring (bicyclic) bond motifs is 1. The zero-order valence-corrected chi connectivity index (χ0v) is 17.7. The van der Waals surface area contributed by atoms with Gasteiger partial charge in [-0.1, -0.05) is 26.5 Å². The van der Waals surface area contributed by atoms with Crippen molar-refractivity contribution in [3.05, 3.63) is 35.5 Å². The fourth-order valence-corrected chi connectivity index (χ4v) is 3.49. The van der Waals surface area contributed by atoms with Crippen molar-refractivity contribution in [1.29, 1.82) is 0 Å². The summed E-state index contributed by atoms with van der Waals surface area (Å²) < 4.78 is 16.4. The van der Waals surface area contributed by atoms with Crippen molar-refractivity contribution in [3.63, 3.8) is 0 Å². The topological polar surface area (TPSA) is 108 Å². The third kappa shape index (κ3) is 6.27. The normalized spacial score (nSPS) is 28.9. The molecule has 0 aromatic heterocycles. The summed E-state index contributed by atoms with van der Waals surface area (Å²) >= 11 is 0. The monoisotopic (exact) mass is 422 g/mol. The number of ether oxygens (including phenoxy) is 3. The second-order valence-corrected chi connectivity index (χ2v) is 7.69. The first-order valence-corrected chi connectivity index (χ1v) is 10.1. The van der Waals surface area contributed by atoms with Gasteiger partial charge < -0.3 is 14.2 Å². The minimum Gasteiger partial charge on any atom is -0.461 e. The van der Waals surface area contributed by atoms with Crippen molar-refractivity contribution < 1.29 is 38.7 Å². The van der Waals surface area contributed by atoms with Crippen molar-refractivity contribution in [2.24, 2.45) is 11.8 Å². The Bertz CT molecular complexity index is 735. The van der Waals surface area contributed by atoms with Gasteiger partial charge in [0.15, 0.2) is 0 Å². The van der Waals surface area contributed by atoms with Gasteiger partial charge in [-0.25, -0.2) is 9.68 Å². The van der Waals surface area contributed by atoms with Crippen molar-refractivity contribution >= 4 is 17.9 Å². The molecule has 0 aromatic rings. The summed E-state index contributed by atoms with van der Waals surface area (Å²) in [6, 6.07) is 0. The largest absolute Gasteiger partial charge is 0.461 e. The van der Waals surface area contributed by atoms with E-state index >= 15 is 0 Å². The van der Waals surface area contributed by atoms with Crippen LogP contribution in [-0.4, -0.2) is 48.6 Å². The summed E-state index contributed by atoms with van der Waals surface area (Å²) in [6.45, 7) is 8.86. The lowest BCUT2D eigenvalue weighted by molar-refractivity contribution is -0.234. The van der Waals surface area contributed by atoms with E-state index in [4.69, 9.17) is 19.5 Å². The molecule has 0 saturated carbocycles. The lowest BCUT2D eigenvalue weighted by Gasteiger charge is -2.29.